The summed E-state index contributed by atoms with van der Waals surface area (Å²) >= 11 is 0. The van der Waals surface area contributed by atoms with Crippen LogP contribution in [0.5, 0.6) is 0 Å². The predicted octanol–water partition coefficient (Wildman–Crippen LogP) is -2.05. The summed E-state index contributed by atoms with van der Waals surface area (Å²) in [5, 5.41) is 51.1. The van der Waals surface area contributed by atoms with Crippen molar-refractivity contribution < 1.29 is 44.6 Å². The number of carbonyl (C=O) groups excluding carboxylic acids is 1. The van der Waals surface area contributed by atoms with Crippen molar-refractivity contribution in [2.75, 3.05) is 13.2 Å². The van der Waals surface area contributed by atoms with Crippen LogP contribution in [-0.4, -0.2) is 86.9 Å². The molecule has 1 fully saturated rings. The molecule has 10 heteroatoms. The first-order chi connectivity index (χ1) is 11.7. The van der Waals surface area contributed by atoms with Crippen LogP contribution in [0.15, 0.2) is 0 Å². The molecule has 0 aromatic carbocycles. The second kappa shape index (κ2) is 9.41. The number of nitrogens with one attached hydrogen (secondary N) is 1. The molecular weight excluding hydrogens is 338 g/mol. The number of aliphatic carboxylic acids is 1. The number of ether oxygens (including phenoxy) is 2. The number of amides is 1. The Hall–Kier alpha value is -1.30. The van der Waals surface area contributed by atoms with E-state index >= 15 is 0 Å². The molecule has 0 unspecified atom stereocenters. The molecule has 0 spiro atoms. The van der Waals surface area contributed by atoms with Crippen LogP contribution in [-0.2, 0) is 19.1 Å². The van der Waals surface area contributed by atoms with E-state index in [0.29, 0.717) is 6.42 Å². The van der Waals surface area contributed by atoms with Crippen LogP contribution in [0.1, 0.15) is 33.1 Å². The molecule has 1 heterocycles. The minimum Gasteiger partial charge on any atom is -0.477 e. The van der Waals surface area contributed by atoms with Gasteiger partial charge in [-0.2, -0.15) is 0 Å². The van der Waals surface area contributed by atoms with Gasteiger partial charge in [0.05, 0.1) is 25.4 Å². The second-order valence-electron chi connectivity index (χ2n) is 6.08. The monoisotopic (exact) mass is 365 g/mol. The van der Waals surface area contributed by atoms with Gasteiger partial charge in [-0.05, 0) is 6.42 Å². The zero-order valence-electron chi connectivity index (χ0n) is 14.3. The molecule has 146 valence electrons. The predicted molar refractivity (Wildman–Crippen MR) is 83.4 cm³/mol. The van der Waals surface area contributed by atoms with E-state index in [1.54, 1.807) is 0 Å². The van der Waals surface area contributed by atoms with Crippen LogP contribution in [0, 0.1) is 0 Å². The Morgan fingerprint density at radius 2 is 2.04 bits per heavy atom. The van der Waals surface area contributed by atoms with E-state index in [0.717, 1.165) is 6.42 Å². The first-order valence-corrected chi connectivity index (χ1v) is 8.15. The van der Waals surface area contributed by atoms with Crippen molar-refractivity contribution >= 4 is 11.9 Å². The molecule has 1 rings (SSSR count). The second-order valence-corrected chi connectivity index (χ2v) is 6.08. The lowest BCUT2D eigenvalue weighted by molar-refractivity contribution is -0.311. The van der Waals surface area contributed by atoms with Gasteiger partial charge >= 0.3 is 5.97 Å². The van der Waals surface area contributed by atoms with Crippen LogP contribution in [0.25, 0.3) is 0 Å². The highest BCUT2D eigenvalue weighted by molar-refractivity contribution is 5.76. The van der Waals surface area contributed by atoms with Crippen molar-refractivity contribution in [3.05, 3.63) is 0 Å². The highest BCUT2D eigenvalue weighted by Gasteiger charge is 2.55. The average Bonchev–Trinajstić information content (AvgIpc) is 2.55. The van der Waals surface area contributed by atoms with Crippen molar-refractivity contribution in [2.45, 2.75) is 69.4 Å². The molecule has 25 heavy (non-hydrogen) atoms. The Morgan fingerprint density at radius 3 is 2.52 bits per heavy atom. The van der Waals surface area contributed by atoms with Gasteiger partial charge in [0.25, 0.3) is 5.79 Å². The molecule has 0 bridgehead atoms. The third-order valence-corrected chi connectivity index (χ3v) is 4.02. The van der Waals surface area contributed by atoms with Crippen molar-refractivity contribution in [3.8, 4) is 0 Å². The molecule has 10 nitrogen and oxygen atoms in total. The van der Waals surface area contributed by atoms with Crippen LogP contribution in [0.4, 0.5) is 0 Å². The van der Waals surface area contributed by atoms with Crippen molar-refractivity contribution in [1.82, 2.24) is 5.32 Å². The molecule has 1 aliphatic heterocycles. The Morgan fingerprint density at radius 1 is 1.40 bits per heavy atom. The highest BCUT2D eigenvalue weighted by atomic mass is 16.7. The number of hydrogen-bond donors (Lipinski definition) is 6. The molecule has 0 radical (unpaired) electrons. The molecular formula is C15H27NO9. The van der Waals surface area contributed by atoms with E-state index in [1.165, 1.54) is 6.92 Å². The molecule has 0 aromatic rings. The molecule has 0 aliphatic carbocycles. The quantitative estimate of drug-likeness (QED) is 0.252. The van der Waals surface area contributed by atoms with Crippen molar-refractivity contribution in [1.29, 1.82) is 0 Å². The number of carboxylic acid groups (broad SMARTS) is 1. The maximum absolute atomic E-state index is 11.7. The SMILES string of the molecule is CCCCO[C@]1(C(=O)O)C[C@H](O)[C@@H](NC(C)=O)[C@H]([C@H](O)[C@H](O)CO)O1. The standard InChI is InChI=1S/C15H27NO9/c1-3-4-5-24-15(14(22)23)6-9(19)11(16-8(2)18)13(25-15)12(21)10(20)7-17/h9-13,17,19-21H,3-7H2,1-2H3,(H,16,18)(H,22,23)/t9-,10+,11+,12+,13+,15+/m0/s1. The van der Waals surface area contributed by atoms with Crippen LogP contribution < -0.4 is 5.32 Å². The Bertz CT molecular complexity index is 460. The van der Waals surface area contributed by atoms with Gasteiger partial charge in [0.1, 0.15) is 18.3 Å². The van der Waals surface area contributed by atoms with Gasteiger partial charge < -0.3 is 40.3 Å². The molecule has 0 aromatic heterocycles. The van der Waals surface area contributed by atoms with Crippen LogP contribution in [0.3, 0.4) is 0 Å². The van der Waals surface area contributed by atoms with Gasteiger partial charge in [-0.3, -0.25) is 4.79 Å². The maximum Gasteiger partial charge on any atom is 0.364 e. The van der Waals surface area contributed by atoms with E-state index in [-0.39, 0.29) is 6.61 Å². The Labute approximate surface area is 145 Å². The Kier molecular flexibility index (Phi) is 8.19. The third kappa shape index (κ3) is 5.33. The number of aliphatic hydroxyl groups is 4. The molecule has 6 atom stereocenters. The lowest BCUT2D eigenvalue weighted by atomic mass is 9.88. The summed E-state index contributed by atoms with van der Waals surface area (Å²) in [5.74, 6) is -4.28. The van der Waals surface area contributed by atoms with E-state index < -0.39 is 61.1 Å². The number of aliphatic hydroxyl groups excluding tert-OH is 4. The topological polar surface area (TPSA) is 166 Å². The zero-order chi connectivity index (χ0) is 19.2. The number of rotatable bonds is 9. The van der Waals surface area contributed by atoms with Crippen molar-refractivity contribution in [2.24, 2.45) is 0 Å². The minimum atomic E-state index is -2.23. The van der Waals surface area contributed by atoms with Crippen LogP contribution >= 0.6 is 0 Å². The first kappa shape index (κ1) is 21.7. The number of unbranched alkanes of at least 4 members (excludes halogenated alkanes) is 1. The van der Waals surface area contributed by atoms with Gasteiger partial charge in [-0.15, -0.1) is 0 Å². The lowest BCUT2D eigenvalue weighted by Crippen LogP contribution is -2.67. The Balaban J connectivity index is 3.13. The normalized spacial score (nSPS) is 32.0. The van der Waals surface area contributed by atoms with E-state index in [2.05, 4.69) is 5.32 Å². The maximum atomic E-state index is 11.7. The molecule has 6 N–H and O–H groups in total. The summed E-state index contributed by atoms with van der Waals surface area (Å²) in [6.07, 6.45) is -5.53. The zero-order valence-corrected chi connectivity index (χ0v) is 14.3. The number of carbonyl (C=O) groups is 2. The smallest absolute Gasteiger partial charge is 0.364 e. The fourth-order valence-corrected chi connectivity index (χ4v) is 2.66. The van der Waals surface area contributed by atoms with Crippen molar-refractivity contribution in [3.63, 3.8) is 0 Å². The molecule has 1 amide bonds. The highest BCUT2D eigenvalue weighted by Crippen LogP contribution is 2.33. The van der Waals surface area contributed by atoms with Gasteiger partial charge in [0.15, 0.2) is 0 Å². The fourth-order valence-electron chi connectivity index (χ4n) is 2.66. The third-order valence-electron chi connectivity index (χ3n) is 4.02. The minimum absolute atomic E-state index is 0.0473. The summed E-state index contributed by atoms with van der Waals surface area (Å²) in [6.45, 7) is 2.28. The molecule has 1 aliphatic rings. The van der Waals surface area contributed by atoms with Gasteiger partial charge in [0, 0.05) is 13.3 Å². The average molecular weight is 365 g/mol. The summed E-state index contributed by atoms with van der Waals surface area (Å²) in [5.41, 5.74) is 0. The van der Waals surface area contributed by atoms with Crippen LogP contribution in [0.2, 0.25) is 0 Å². The van der Waals surface area contributed by atoms with E-state index in [9.17, 15) is 30.0 Å². The summed E-state index contributed by atoms with van der Waals surface area (Å²) in [4.78, 5) is 23.1. The van der Waals surface area contributed by atoms with E-state index in [1.807, 2.05) is 6.92 Å². The first-order valence-electron chi connectivity index (χ1n) is 8.15. The number of hydrogen-bond acceptors (Lipinski definition) is 8. The van der Waals surface area contributed by atoms with Gasteiger partial charge in [-0.1, -0.05) is 13.3 Å². The van der Waals surface area contributed by atoms with Gasteiger partial charge in [-0.25, -0.2) is 4.79 Å². The summed E-state index contributed by atoms with van der Waals surface area (Å²) < 4.78 is 10.8. The summed E-state index contributed by atoms with van der Waals surface area (Å²) in [7, 11) is 0. The summed E-state index contributed by atoms with van der Waals surface area (Å²) in [6, 6.07) is -1.18. The lowest BCUT2D eigenvalue weighted by Gasteiger charge is -2.46. The molecule has 1 saturated heterocycles. The number of carboxylic acids is 1. The molecule has 0 saturated carbocycles. The fraction of sp³-hybridized carbons (Fsp3) is 0.867. The van der Waals surface area contributed by atoms with Gasteiger partial charge in [0.2, 0.25) is 5.91 Å². The van der Waals surface area contributed by atoms with E-state index in [4.69, 9.17) is 14.6 Å². The largest absolute Gasteiger partial charge is 0.477 e.